The monoisotopic (exact) mass is 396 g/mol. The van der Waals surface area contributed by atoms with Crippen LogP contribution in [0.25, 0.3) is 32.4 Å². The summed E-state index contributed by atoms with van der Waals surface area (Å²) in [6, 6.07) is 25.7. The molecule has 1 aliphatic rings. The van der Waals surface area contributed by atoms with Gasteiger partial charge in [0, 0.05) is 47.0 Å². The molecule has 0 spiro atoms. The van der Waals surface area contributed by atoms with Crippen LogP contribution >= 0.6 is 11.6 Å². The van der Waals surface area contributed by atoms with Crippen molar-refractivity contribution in [1.29, 1.82) is 0 Å². The summed E-state index contributed by atoms with van der Waals surface area (Å²) < 4.78 is 0. The number of para-hydroxylation sites is 1. The molecule has 0 unspecified atom stereocenters. The van der Waals surface area contributed by atoms with E-state index >= 15 is 0 Å². The average molecular weight is 397 g/mol. The number of fused-ring (bicyclic) bond motifs is 5. The molecule has 0 saturated heterocycles. The van der Waals surface area contributed by atoms with Crippen LogP contribution in [-0.4, -0.2) is 16.4 Å². The van der Waals surface area contributed by atoms with Crippen LogP contribution in [-0.2, 0) is 19.5 Å². The minimum absolute atomic E-state index is 0.858. The van der Waals surface area contributed by atoms with Crippen LogP contribution < -0.4 is 0 Å². The molecule has 5 aromatic rings. The van der Waals surface area contributed by atoms with Crippen LogP contribution in [0.3, 0.4) is 0 Å². The molecule has 1 N–H and O–H groups in total. The summed E-state index contributed by atoms with van der Waals surface area (Å²) in [6.45, 7) is 2.95. The van der Waals surface area contributed by atoms with Crippen molar-refractivity contribution < 1.29 is 0 Å². The molecule has 0 radical (unpaired) electrons. The van der Waals surface area contributed by atoms with Gasteiger partial charge in [-0.1, -0.05) is 78.3 Å². The van der Waals surface area contributed by atoms with E-state index in [9.17, 15) is 0 Å². The Bertz CT molecular complexity index is 1330. The second-order valence-electron chi connectivity index (χ2n) is 7.97. The maximum absolute atomic E-state index is 6.78. The molecule has 29 heavy (non-hydrogen) atoms. The molecule has 1 aromatic heterocycles. The molecule has 0 fully saturated rings. The van der Waals surface area contributed by atoms with Crippen LogP contribution in [0.1, 0.15) is 16.8 Å². The van der Waals surface area contributed by atoms with E-state index in [1.807, 2.05) is 0 Å². The van der Waals surface area contributed by atoms with Crippen molar-refractivity contribution in [1.82, 2.24) is 9.88 Å². The highest BCUT2D eigenvalue weighted by molar-refractivity contribution is 6.41. The highest BCUT2D eigenvalue weighted by Crippen LogP contribution is 2.37. The molecule has 2 heterocycles. The summed E-state index contributed by atoms with van der Waals surface area (Å²) in [6.07, 6.45) is 1.09. The Kier molecular flexibility index (Phi) is 3.90. The Morgan fingerprint density at radius 3 is 2.03 bits per heavy atom. The quantitative estimate of drug-likeness (QED) is 0.329. The number of aromatic nitrogens is 1. The number of nitrogens with one attached hydrogen (secondary N) is 1. The summed E-state index contributed by atoms with van der Waals surface area (Å²) in [7, 11) is 0. The summed E-state index contributed by atoms with van der Waals surface area (Å²) >= 11 is 6.78. The van der Waals surface area contributed by atoms with E-state index < -0.39 is 0 Å². The van der Waals surface area contributed by atoms with Gasteiger partial charge in [-0.25, -0.2) is 0 Å². The fourth-order valence-electron chi connectivity index (χ4n) is 4.94. The van der Waals surface area contributed by atoms with Gasteiger partial charge in [0.25, 0.3) is 0 Å². The van der Waals surface area contributed by atoms with Crippen molar-refractivity contribution >= 4 is 44.0 Å². The van der Waals surface area contributed by atoms with Crippen molar-refractivity contribution in [3.8, 4) is 0 Å². The maximum Gasteiger partial charge on any atom is 0.0562 e. The fourth-order valence-corrected chi connectivity index (χ4v) is 5.27. The third-order valence-electron chi connectivity index (χ3n) is 6.32. The van der Waals surface area contributed by atoms with Crippen molar-refractivity contribution in [3.63, 3.8) is 0 Å². The van der Waals surface area contributed by atoms with E-state index in [1.54, 1.807) is 0 Å². The Hall–Kier alpha value is -2.81. The SMILES string of the molecule is Clc1c2ccccc2c(CN2CCc3c([nH]c4ccccc34)C2)c2ccccc12. The predicted molar refractivity (Wildman–Crippen MR) is 123 cm³/mol. The first-order valence-electron chi connectivity index (χ1n) is 10.2. The molecule has 6 rings (SSSR count). The van der Waals surface area contributed by atoms with Gasteiger partial charge >= 0.3 is 0 Å². The number of aromatic amines is 1. The van der Waals surface area contributed by atoms with E-state index in [0.717, 1.165) is 41.9 Å². The Balaban J connectivity index is 1.45. The van der Waals surface area contributed by atoms with Gasteiger partial charge < -0.3 is 4.98 Å². The van der Waals surface area contributed by atoms with E-state index in [-0.39, 0.29) is 0 Å². The van der Waals surface area contributed by atoms with E-state index in [1.165, 1.54) is 38.5 Å². The van der Waals surface area contributed by atoms with Gasteiger partial charge in [0.15, 0.2) is 0 Å². The molecular weight excluding hydrogens is 376 g/mol. The van der Waals surface area contributed by atoms with Crippen LogP contribution in [0.4, 0.5) is 0 Å². The molecule has 2 nitrogen and oxygen atoms in total. The van der Waals surface area contributed by atoms with Crippen molar-refractivity contribution in [2.45, 2.75) is 19.5 Å². The topological polar surface area (TPSA) is 19.0 Å². The number of hydrogen-bond donors (Lipinski definition) is 1. The third kappa shape index (κ3) is 2.67. The second kappa shape index (κ2) is 6.62. The first-order chi connectivity index (χ1) is 14.3. The number of benzene rings is 4. The van der Waals surface area contributed by atoms with Gasteiger partial charge in [0.1, 0.15) is 0 Å². The third-order valence-corrected chi connectivity index (χ3v) is 6.73. The minimum Gasteiger partial charge on any atom is -0.357 e. The van der Waals surface area contributed by atoms with E-state index in [4.69, 9.17) is 11.6 Å². The normalized spacial score (nSPS) is 14.7. The molecule has 0 saturated carbocycles. The highest BCUT2D eigenvalue weighted by Gasteiger charge is 2.22. The average Bonchev–Trinajstić information content (AvgIpc) is 3.14. The summed E-state index contributed by atoms with van der Waals surface area (Å²) in [4.78, 5) is 6.21. The molecule has 0 atom stereocenters. The first kappa shape index (κ1) is 17.1. The lowest BCUT2D eigenvalue weighted by atomic mass is 9.95. The minimum atomic E-state index is 0.858. The molecule has 0 aliphatic carbocycles. The van der Waals surface area contributed by atoms with Crippen molar-refractivity contribution in [2.75, 3.05) is 6.54 Å². The maximum atomic E-state index is 6.78. The van der Waals surface area contributed by atoms with E-state index in [0.29, 0.717) is 0 Å². The lowest BCUT2D eigenvalue weighted by Gasteiger charge is -2.28. The first-order valence-corrected chi connectivity index (χ1v) is 10.6. The van der Waals surface area contributed by atoms with Crippen LogP contribution in [0.15, 0.2) is 72.8 Å². The largest absolute Gasteiger partial charge is 0.357 e. The number of rotatable bonds is 2. The van der Waals surface area contributed by atoms with Crippen LogP contribution in [0.2, 0.25) is 5.02 Å². The van der Waals surface area contributed by atoms with Crippen LogP contribution in [0.5, 0.6) is 0 Å². The zero-order chi connectivity index (χ0) is 19.4. The zero-order valence-corrected chi connectivity index (χ0v) is 16.8. The molecule has 0 amide bonds. The predicted octanol–water partition coefficient (Wildman–Crippen LogP) is 6.69. The summed E-state index contributed by atoms with van der Waals surface area (Å²) in [5.74, 6) is 0. The molecule has 3 heteroatoms. The summed E-state index contributed by atoms with van der Waals surface area (Å²) in [5, 5.41) is 7.05. The number of nitrogens with zero attached hydrogens (tertiary/aromatic N) is 1. The Morgan fingerprint density at radius 2 is 1.34 bits per heavy atom. The lowest BCUT2D eigenvalue weighted by molar-refractivity contribution is 0.245. The van der Waals surface area contributed by atoms with Gasteiger partial charge in [-0.3, -0.25) is 4.90 Å². The Labute approximate surface area is 174 Å². The van der Waals surface area contributed by atoms with Gasteiger partial charge in [-0.2, -0.15) is 0 Å². The Morgan fingerprint density at radius 1 is 0.759 bits per heavy atom. The second-order valence-corrected chi connectivity index (χ2v) is 8.35. The number of hydrogen-bond acceptors (Lipinski definition) is 1. The summed E-state index contributed by atoms with van der Waals surface area (Å²) in [5.41, 5.74) is 5.48. The number of halogens is 1. The van der Waals surface area contributed by atoms with Crippen molar-refractivity contribution in [3.05, 3.63) is 94.6 Å². The smallest absolute Gasteiger partial charge is 0.0562 e. The van der Waals surface area contributed by atoms with Crippen molar-refractivity contribution in [2.24, 2.45) is 0 Å². The molecular formula is C26H21ClN2. The molecule has 0 bridgehead atoms. The molecule has 142 valence electrons. The van der Waals surface area contributed by atoms with Gasteiger partial charge in [-0.15, -0.1) is 0 Å². The lowest BCUT2D eigenvalue weighted by Crippen LogP contribution is -2.30. The standard InChI is InChI=1S/C26H21ClN2/c27-26-21-10-3-1-7-17(21)23(18-8-2-4-11-22(18)26)15-29-14-13-20-19-9-5-6-12-24(19)28-25(20)16-29/h1-12,28H,13-16H2. The van der Waals surface area contributed by atoms with Gasteiger partial charge in [0.05, 0.1) is 5.02 Å². The van der Waals surface area contributed by atoms with Gasteiger partial charge in [0.2, 0.25) is 0 Å². The number of H-pyrrole nitrogens is 1. The van der Waals surface area contributed by atoms with Gasteiger partial charge in [-0.05, 0) is 34.4 Å². The van der Waals surface area contributed by atoms with E-state index in [2.05, 4.69) is 82.7 Å². The highest BCUT2D eigenvalue weighted by atomic mass is 35.5. The zero-order valence-electron chi connectivity index (χ0n) is 16.1. The molecule has 4 aromatic carbocycles. The fraction of sp³-hybridized carbons (Fsp3) is 0.154. The van der Waals surface area contributed by atoms with Crippen LogP contribution in [0, 0.1) is 0 Å². The molecule has 1 aliphatic heterocycles.